The standard InChI is InChI=1S/C17H14ClF3N6O3S/c18-11-1-4-14(24-8-11)27-16-6-15(25-9-26-16)23-7-10-5-12(31(22,28)29)2-3-13(10)30-17(19,20)21/h1-6,8-9H,7H2,(H2,22,28,29)(H2,23,24,25,26,27). The Bertz CT molecular complexity index is 1180. The highest BCUT2D eigenvalue weighted by atomic mass is 35.5. The number of halogens is 4. The summed E-state index contributed by atoms with van der Waals surface area (Å²) in [5.74, 6) is 0.462. The molecule has 0 spiro atoms. The van der Waals surface area contributed by atoms with Gasteiger partial charge in [0.1, 0.15) is 29.5 Å². The van der Waals surface area contributed by atoms with E-state index in [4.69, 9.17) is 16.7 Å². The maximum atomic E-state index is 12.7. The van der Waals surface area contributed by atoms with Crippen LogP contribution in [0.5, 0.6) is 5.75 Å². The molecule has 1 aromatic carbocycles. The summed E-state index contributed by atoms with van der Waals surface area (Å²) in [5, 5.41) is 11.2. The van der Waals surface area contributed by atoms with Crippen molar-refractivity contribution in [2.24, 2.45) is 5.14 Å². The summed E-state index contributed by atoms with van der Waals surface area (Å²) in [5.41, 5.74) is -0.101. The van der Waals surface area contributed by atoms with Crippen LogP contribution in [-0.2, 0) is 16.6 Å². The maximum absolute atomic E-state index is 12.7. The van der Waals surface area contributed by atoms with Gasteiger partial charge < -0.3 is 15.4 Å². The quantitative estimate of drug-likeness (QED) is 0.474. The van der Waals surface area contributed by atoms with Gasteiger partial charge in [-0.05, 0) is 30.3 Å². The second kappa shape index (κ2) is 8.91. The van der Waals surface area contributed by atoms with E-state index in [-0.39, 0.29) is 22.8 Å². The summed E-state index contributed by atoms with van der Waals surface area (Å²) in [7, 11) is -4.13. The summed E-state index contributed by atoms with van der Waals surface area (Å²) in [6, 6.07) is 7.51. The molecule has 0 saturated heterocycles. The van der Waals surface area contributed by atoms with Gasteiger partial charge in [-0.3, -0.25) is 0 Å². The van der Waals surface area contributed by atoms with E-state index in [1.807, 2.05) is 0 Å². The number of alkyl halides is 3. The predicted molar refractivity (Wildman–Crippen MR) is 106 cm³/mol. The second-order valence-corrected chi connectivity index (χ2v) is 7.99. The van der Waals surface area contributed by atoms with Crippen molar-refractivity contribution in [2.45, 2.75) is 17.8 Å². The topological polar surface area (TPSA) is 132 Å². The largest absolute Gasteiger partial charge is 0.573 e. The van der Waals surface area contributed by atoms with Crippen LogP contribution in [0.4, 0.5) is 30.6 Å². The third-order valence-electron chi connectivity index (χ3n) is 3.70. The molecule has 31 heavy (non-hydrogen) atoms. The molecule has 0 aliphatic carbocycles. The Balaban J connectivity index is 1.80. The Morgan fingerprint density at radius 2 is 1.77 bits per heavy atom. The molecule has 4 N–H and O–H groups in total. The van der Waals surface area contributed by atoms with Crippen molar-refractivity contribution in [3.8, 4) is 5.75 Å². The molecule has 14 heteroatoms. The number of rotatable bonds is 7. The van der Waals surface area contributed by atoms with Crippen molar-refractivity contribution in [1.82, 2.24) is 15.0 Å². The normalized spacial score (nSPS) is 11.8. The first-order valence-electron chi connectivity index (χ1n) is 8.35. The number of primary sulfonamides is 1. The van der Waals surface area contributed by atoms with E-state index >= 15 is 0 Å². The third kappa shape index (κ3) is 6.67. The first kappa shape index (κ1) is 22.5. The van der Waals surface area contributed by atoms with Crippen molar-refractivity contribution in [2.75, 3.05) is 10.6 Å². The molecule has 0 amide bonds. The van der Waals surface area contributed by atoms with Gasteiger partial charge in [-0.1, -0.05) is 11.6 Å². The molecule has 2 aromatic heterocycles. The smallest absolute Gasteiger partial charge is 0.405 e. The van der Waals surface area contributed by atoms with E-state index in [1.54, 1.807) is 12.1 Å². The van der Waals surface area contributed by atoms with E-state index in [9.17, 15) is 21.6 Å². The lowest BCUT2D eigenvalue weighted by molar-refractivity contribution is -0.274. The number of pyridine rings is 1. The molecule has 2 heterocycles. The van der Waals surface area contributed by atoms with E-state index in [0.717, 1.165) is 18.2 Å². The molecule has 0 aliphatic rings. The van der Waals surface area contributed by atoms with Crippen LogP contribution in [0.3, 0.4) is 0 Å². The summed E-state index contributed by atoms with van der Waals surface area (Å²) in [6.07, 6.45) is -2.31. The minimum absolute atomic E-state index is 0.101. The number of nitrogens with one attached hydrogen (secondary N) is 2. The van der Waals surface area contributed by atoms with E-state index in [0.29, 0.717) is 16.7 Å². The van der Waals surface area contributed by atoms with Crippen LogP contribution in [0.1, 0.15) is 5.56 Å². The maximum Gasteiger partial charge on any atom is 0.573 e. The Kier molecular flexibility index (Phi) is 6.48. The van der Waals surface area contributed by atoms with Crippen LogP contribution in [0.25, 0.3) is 0 Å². The summed E-state index contributed by atoms with van der Waals surface area (Å²) >= 11 is 5.78. The Hall–Kier alpha value is -3.16. The van der Waals surface area contributed by atoms with E-state index in [2.05, 4.69) is 30.3 Å². The number of anilines is 3. The zero-order valence-corrected chi connectivity index (χ0v) is 17.0. The molecule has 9 nitrogen and oxygen atoms in total. The number of aromatic nitrogens is 3. The Morgan fingerprint density at radius 3 is 2.42 bits per heavy atom. The highest BCUT2D eigenvalue weighted by Crippen LogP contribution is 2.29. The zero-order chi connectivity index (χ0) is 22.6. The fourth-order valence-corrected chi connectivity index (χ4v) is 3.06. The van der Waals surface area contributed by atoms with Crippen LogP contribution in [0, 0.1) is 0 Å². The summed E-state index contributed by atoms with van der Waals surface area (Å²) in [4.78, 5) is 11.7. The highest BCUT2D eigenvalue weighted by Gasteiger charge is 2.32. The molecule has 0 bridgehead atoms. The van der Waals surface area contributed by atoms with Crippen LogP contribution >= 0.6 is 11.6 Å². The molecular formula is C17H14ClF3N6O3S. The van der Waals surface area contributed by atoms with Gasteiger partial charge in [-0.2, -0.15) is 0 Å². The monoisotopic (exact) mass is 474 g/mol. The fourth-order valence-electron chi connectivity index (χ4n) is 2.38. The zero-order valence-electron chi connectivity index (χ0n) is 15.4. The molecular weight excluding hydrogens is 461 g/mol. The highest BCUT2D eigenvalue weighted by molar-refractivity contribution is 7.89. The van der Waals surface area contributed by atoms with Crippen molar-refractivity contribution in [3.05, 3.63) is 59.5 Å². The molecule has 0 atom stereocenters. The van der Waals surface area contributed by atoms with Crippen LogP contribution in [0.2, 0.25) is 5.02 Å². The van der Waals surface area contributed by atoms with Gasteiger partial charge in [0.05, 0.1) is 9.92 Å². The second-order valence-electron chi connectivity index (χ2n) is 5.99. The van der Waals surface area contributed by atoms with Crippen LogP contribution in [0.15, 0.2) is 53.8 Å². The predicted octanol–water partition coefficient (Wildman–Crippen LogP) is 3.43. The molecule has 0 aliphatic heterocycles. The van der Waals surface area contributed by atoms with Crippen molar-refractivity contribution in [1.29, 1.82) is 0 Å². The molecule has 164 valence electrons. The van der Waals surface area contributed by atoms with Crippen molar-refractivity contribution in [3.63, 3.8) is 0 Å². The SMILES string of the molecule is NS(=O)(=O)c1ccc(OC(F)(F)F)c(CNc2cc(Nc3ccc(Cl)cn3)ncn2)c1. The van der Waals surface area contributed by atoms with E-state index < -0.39 is 22.1 Å². The van der Waals surface area contributed by atoms with Crippen molar-refractivity contribution < 1.29 is 26.3 Å². The number of hydrogen-bond donors (Lipinski definition) is 3. The lowest BCUT2D eigenvalue weighted by Crippen LogP contribution is -2.19. The number of hydrogen-bond acceptors (Lipinski definition) is 8. The van der Waals surface area contributed by atoms with Gasteiger partial charge in [0.25, 0.3) is 0 Å². The summed E-state index contributed by atoms with van der Waals surface area (Å²) < 4.78 is 65.1. The van der Waals surface area contributed by atoms with Crippen LogP contribution < -0.4 is 20.5 Å². The van der Waals surface area contributed by atoms with Gasteiger partial charge >= 0.3 is 6.36 Å². The molecule has 0 radical (unpaired) electrons. The fraction of sp³-hybridized carbons (Fsp3) is 0.118. The van der Waals surface area contributed by atoms with Gasteiger partial charge in [-0.25, -0.2) is 28.5 Å². The Morgan fingerprint density at radius 1 is 1.03 bits per heavy atom. The average Bonchev–Trinajstić information content (AvgIpc) is 2.67. The lowest BCUT2D eigenvalue weighted by atomic mass is 10.2. The van der Waals surface area contributed by atoms with E-state index in [1.165, 1.54) is 18.6 Å². The molecule has 0 fully saturated rings. The summed E-state index contributed by atoms with van der Waals surface area (Å²) in [6.45, 7) is -0.246. The van der Waals surface area contributed by atoms with Crippen molar-refractivity contribution >= 4 is 39.1 Å². The Labute approximate surface area is 179 Å². The first-order chi connectivity index (χ1) is 14.5. The molecule has 0 saturated carbocycles. The number of sulfonamides is 1. The minimum Gasteiger partial charge on any atom is -0.405 e. The van der Waals surface area contributed by atoms with Gasteiger partial charge in [0.15, 0.2) is 0 Å². The van der Waals surface area contributed by atoms with Gasteiger partial charge in [-0.15, -0.1) is 13.2 Å². The minimum atomic E-state index is -4.96. The number of nitrogens with zero attached hydrogens (tertiary/aromatic N) is 3. The third-order valence-corrected chi connectivity index (χ3v) is 4.83. The first-order valence-corrected chi connectivity index (χ1v) is 10.3. The van der Waals surface area contributed by atoms with Gasteiger partial charge in [0, 0.05) is 24.4 Å². The van der Waals surface area contributed by atoms with Gasteiger partial charge in [0.2, 0.25) is 10.0 Å². The molecule has 3 rings (SSSR count). The molecule has 3 aromatic rings. The molecule has 0 unspecified atom stereocenters. The number of ether oxygens (including phenoxy) is 1. The average molecular weight is 475 g/mol. The number of nitrogens with two attached hydrogens (primary N) is 1. The number of benzene rings is 1. The lowest BCUT2D eigenvalue weighted by Gasteiger charge is -2.15. The van der Waals surface area contributed by atoms with Crippen LogP contribution in [-0.4, -0.2) is 29.7 Å².